The lowest BCUT2D eigenvalue weighted by atomic mass is 9.97. The van der Waals surface area contributed by atoms with Gasteiger partial charge in [-0.2, -0.15) is 0 Å². The minimum Gasteiger partial charge on any atom is -0.356 e. The number of nitrogens with zero attached hydrogens (tertiary/aromatic N) is 6. The van der Waals surface area contributed by atoms with Crippen LogP contribution in [-0.4, -0.2) is 0 Å². The van der Waals surface area contributed by atoms with Crippen LogP contribution in [0.3, 0.4) is 0 Å². The van der Waals surface area contributed by atoms with E-state index in [2.05, 4.69) is 442 Å². The fourth-order valence-corrected chi connectivity index (χ4v) is 18.7. The molecular weight excluding hydrogens is 1410 g/mol. The molecule has 116 heavy (non-hydrogen) atoms. The van der Waals surface area contributed by atoms with E-state index in [9.17, 15) is 0 Å². The molecule has 7 nitrogen and oxygen atoms in total. The predicted octanol–water partition coefficient (Wildman–Crippen LogP) is 32.1. The summed E-state index contributed by atoms with van der Waals surface area (Å²) in [6, 6.07) is 96.0. The summed E-state index contributed by atoms with van der Waals surface area (Å²) in [5.41, 5.74) is 49.9. The number of benzene rings is 14. The molecule has 7 heteroatoms. The molecular formula is C109H115N7. The van der Waals surface area contributed by atoms with E-state index in [0.717, 1.165) is 80.4 Å². The van der Waals surface area contributed by atoms with E-state index in [-0.39, 0.29) is 0 Å². The molecule has 0 aromatic heterocycles. The first-order chi connectivity index (χ1) is 55.6. The van der Waals surface area contributed by atoms with Gasteiger partial charge >= 0.3 is 0 Å². The van der Waals surface area contributed by atoms with Gasteiger partial charge in [-0.25, -0.2) is 0 Å². The molecule has 0 unspecified atom stereocenters. The highest BCUT2D eigenvalue weighted by Crippen LogP contribution is 2.50. The molecule has 0 aliphatic carbocycles. The second-order valence-electron chi connectivity index (χ2n) is 33.3. The van der Waals surface area contributed by atoms with E-state index in [1.165, 1.54) is 175 Å². The smallest absolute Gasteiger partial charge is 0.0520 e. The topological polar surface area (TPSA) is 31.5 Å². The summed E-state index contributed by atoms with van der Waals surface area (Å²) in [6.45, 7) is 49.2. The molecule has 0 saturated carbocycles. The van der Waals surface area contributed by atoms with Gasteiger partial charge in [-0.1, -0.05) is 149 Å². The second kappa shape index (κ2) is 33.6. The van der Waals surface area contributed by atoms with Crippen LogP contribution >= 0.6 is 0 Å². The maximum atomic E-state index is 3.80. The van der Waals surface area contributed by atoms with Crippen LogP contribution in [0.25, 0.3) is 0 Å². The van der Waals surface area contributed by atoms with Crippen molar-refractivity contribution < 1.29 is 0 Å². The van der Waals surface area contributed by atoms with Gasteiger partial charge in [0.1, 0.15) is 0 Å². The lowest BCUT2D eigenvalue weighted by Crippen LogP contribution is -2.17. The number of unbranched alkanes of at least 4 members (excludes halogenated alkanes) is 1. The quantitative estimate of drug-likeness (QED) is 0.0683. The summed E-state index contributed by atoms with van der Waals surface area (Å²) in [6.07, 6.45) is 3.45. The van der Waals surface area contributed by atoms with Gasteiger partial charge in [-0.05, 0) is 399 Å². The van der Waals surface area contributed by atoms with Crippen LogP contribution in [0.5, 0.6) is 0 Å². The summed E-state index contributed by atoms with van der Waals surface area (Å²) in [5, 5.41) is 3.80. The number of hydrogen-bond donors (Lipinski definition) is 1. The Morgan fingerprint density at radius 2 is 0.345 bits per heavy atom. The molecule has 0 aliphatic heterocycles. The zero-order valence-electron chi connectivity index (χ0n) is 72.6. The molecule has 586 valence electrons. The van der Waals surface area contributed by atoms with E-state index in [1.807, 2.05) is 0 Å². The van der Waals surface area contributed by atoms with Crippen molar-refractivity contribution in [3.05, 3.63) is 377 Å². The summed E-state index contributed by atoms with van der Waals surface area (Å²) < 4.78 is 0. The largest absolute Gasteiger partial charge is 0.356 e. The zero-order valence-corrected chi connectivity index (χ0v) is 72.6. The van der Waals surface area contributed by atoms with Crippen molar-refractivity contribution in [1.82, 2.24) is 0 Å². The van der Waals surface area contributed by atoms with Crippen LogP contribution in [0, 0.1) is 145 Å². The summed E-state index contributed by atoms with van der Waals surface area (Å²) in [7, 11) is 0. The average Bonchev–Trinajstić information content (AvgIpc) is 0.768. The average molecular weight is 1520 g/mol. The van der Waals surface area contributed by atoms with Crippen LogP contribution in [0.15, 0.2) is 255 Å². The lowest BCUT2D eigenvalue weighted by molar-refractivity contribution is 0.794. The molecule has 14 rings (SSSR count). The van der Waals surface area contributed by atoms with Crippen molar-refractivity contribution in [2.75, 3.05) is 34.7 Å². The van der Waals surface area contributed by atoms with E-state index in [0.29, 0.717) is 0 Å². The molecule has 0 amide bonds. The SMILES string of the molecule is CCCCc1cc(C)c(N(c2ccc(N(c3ccc(Nc4ccc(N(c5ccc(C)cc5)c5ccc(N(c6ccc(N(c7c(C)cc(C)cc7C)c7c(C)cc(C)cc7C)cc6)c6ccc(N(c7c(C)cc(C)cc7C)c7c(C)cc(C)cc7C)cc6)cc5)cc4)cc3)c3c(C)cc(C)cc3C)cc2)c2c(C)cc(C)cc2C)c(C)c1. The van der Waals surface area contributed by atoms with Gasteiger partial charge in [0.05, 0.1) is 39.8 Å². The molecule has 0 aliphatic rings. The Bertz CT molecular complexity index is 5510. The summed E-state index contributed by atoms with van der Waals surface area (Å²) >= 11 is 0. The van der Waals surface area contributed by atoms with Gasteiger partial charge < -0.3 is 34.7 Å². The summed E-state index contributed by atoms with van der Waals surface area (Å²) in [5.74, 6) is 0. The monoisotopic (exact) mass is 1520 g/mol. The first kappa shape index (κ1) is 80.3. The van der Waals surface area contributed by atoms with Gasteiger partial charge in [-0.3, -0.25) is 0 Å². The van der Waals surface area contributed by atoms with Crippen LogP contribution in [0.1, 0.15) is 142 Å². The Balaban J connectivity index is 0.803. The maximum Gasteiger partial charge on any atom is 0.0520 e. The van der Waals surface area contributed by atoms with E-state index >= 15 is 0 Å². The maximum absolute atomic E-state index is 3.80. The Kier molecular flexibility index (Phi) is 23.3. The van der Waals surface area contributed by atoms with Gasteiger partial charge in [-0.15, -0.1) is 0 Å². The predicted molar refractivity (Wildman–Crippen MR) is 502 cm³/mol. The normalized spacial score (nSPS) is 11.3. The highest BCUT2D eigenvalue weighted by atomic mass is 15.2. The van der Waals surface area contributed by atoms with Crippen molar-refractivity contribution in [3.63, 3.8) is 0 Å². The fourth-order valence-electron chi connectivity index (χ4n) is 18.7. The van der Waals surface area contributed by atoms with Crippen molar-refractivity contribution in [2.45, 2.75) is 172 Å². The molecule has 14 aromatic rings. The fraction of sp³-hybridized carbons (Fsp3) is 0.229. The van der Waals surface area contributed by atoms with Gasteiger partial charge in [0.25, 0.3) is 0 Å². The molecule has 0 radical (unpaired) electrons. The third-order valence-electron chi connectivity index (χ3n) is 23.0. The lowest BCUT2D eigenvalue weighted by Gasteiger charge is -2.33. The highest BCUT2D eigenvalue weighted by Gasteiger charge is 2.28. The molecule has 0 bridgehead atoms. The highest BCUT2D eigenvalue weighted by molar-refractivity contribution is 5.91. The minimum absolute atomic E-state index is 0.989. The molecule has 0 atom stereocenters. The third kappa shape index (κ3) is 16.5. The third-order valence-corrected chi connectivity index (χ3v) is 23.0. The minimum atomic E-state index is 0.989. The Morgan fingerprint density at radius 1 is 0.181 bits per heavy atom. The van der Waals surface area contributed by atoms with Crippen LogP contribution in [0.4, 0.5) is 114 Å². The van der Waals surface area contributed by atoms with Gasteiger partial charge in [0.15, 0.2) is 0 Å². The van der Waals surface area contributed by atoms with Crippen LogP contribution in [-0.2, 0) is 6.42 Å². The summed E-state index contributed by atoms with van der Waals surface area (Å²) in [4.78, 5) is 14.7. The van der Waals surface area contributed by atoms with Crippen molar-refractivity contribution in [2.24, 2.45) is 0 Å². The molecule has 1 N–H and O–H groups in total. The number of rotatable bonds is 23. The number of nitrogens with one attached hydrogen (secondary N) is 1. The van der Waals surface area contributed by atoms with Crippen LogP contribution < -0.4 is 34.7 Å². The van der Waals surface area contributed by atoms with E-state index in [4.69, 9.17) is 0 Å². The standard InChI is InChI=1S/C109H115N7/c1-23-24-25-89-66-87(21)109(88(22)67-89)116(108-85(19)64-74(8)65-86(108)20)102-52-46-99(47-53-102)113(103-75(9)54-69(3)55-76(103)10)98-36-30-91(31-37-98)110-90-28-34-93(35-29-90)111(92-32-26-68(2)27-33-92)94-38-40-95(41-39-94)112(96-42-48-100(49-43-96)114(104-77(11)56-70(4)57-78(104)12)105-79(13)58-71(5)59-80(105)14)97-44-50-101(51-45-97)115(106-81(15)60-72(6)61-82(106)16)107-83(17)62-73(7)63-84(107)18/h26-67,110H,23-25H2,1-22H3. The molecule has 14 aromatic carbocycles. The first-order valence-electron chi connectivity index (χ1n) is 41.4. The van der Waals surface area contributed by atoms with E-state index < -0.39 is 0 Å². The molecule has 0 saturated heterocycles. The second-order valence-corrected chi connectivity index (χ2v) is 33.3. The molecule has 0 spiro atoms. The van der Waals surface area contributed by atoms with Gasteiger partial charge in [0, 0.05) is 73.9 Å². The van der Waals surface area contributed by atoms with Gasteiger partial charge in [0.2, 0.25) is 0 Å². The van der Waals surface area contributed by atoms with Crippen molar-refractivity contribution in [1.29, 1.82) is 0 Å². The number of anilines is 20. The Hall–Kier alpha value is -12.3. The molecule has 0 fully saturated rings. The first-order valence-corrected chi connectivity index (χ1v) is 41.4. The number of hydrogen-bond acceptors (Lipinski definition) is 7. The molecule has 0 heterocycles. The number of aryl methyl sites for hydroxylation is 22. The van der Waals surface area contributed by atoms with Crippen LogP contribution in [0.2, 0.25) is 0 Å². The van der Waals surface area contributed by atoms with Crippen molar-refractivity contribution in [3.8, 4) is 0 Å². The zero-order chi connectivity index (χ0) is 82.2. The Labute approximate surface area is 692 Å². The van der Waals surface area contributed by atoms with E-state index in [1.54, 1.807) is 0 Å². The van der Waals surface area contributed by atoms with Crippen molar-refractivity contribution >= 4 is 114 Å². The Morgan fingerprint density at radius 3 is 0.552 bits per heavy atom.